The van der Waals surface area contributed by atoms with Gasteiger partial charge in [-0.25, -0.2) is 0 Å². The molecule has 2 nitrogen and oxygen atoms in total. The van der Waals surface area contributed by atoms with Crippen LogP contribution in [0.25, 0.3) is 0 Å². The second kappa shape index (κ2) is 2.89. The van der Waals surface area contributed by atoms with Crippen molar-refractivity contribution in [2.24, 2.45) is 5.41 Å². The second-order valence-corrected chi connectivity index (χ2v) is 3.75. The van der Waals surface area contributed by atoms with Crippen LogP contribution in [-0.4, -0.2) is 12.7 Å². The van der Waals surface area contributed by atoms with E-state index in [-0.39, 0.29) is 5.41 Å². The average molecular weight is 143 g/mol. The van der Waals surface area contributed by atoms with Crippen LogP contribution in [0.2, 0.25) is 0 Å². The van der Waals surface area contributed by atoms with Crippen molar-refractivity contribution in [2.75, 3.05) is 6.61 Å². The van der Waals surface area contributed by atoms with Gasteiger partial charge in [-0.3, -0.25) is 0 Å². The number of ether oxygens (including phenoxy) is 2. The van der Waals surface area contributed by atoms with Crippen molar-refractivity contribution in [1.29, 1.82) is 0 Å². The fraction of sp³-hybridized carbons (Fsp3) is 0.875. The maximum Gasteiger partial charge on any atom is 0.209 e. The maximum atomic E-state index is 5.30. The largest absolute Gasteiger partial charge is 0.348 e. The summed E-state index contributed by atoms with van der Waals surface area (Å²) < 4.78 is 10.2. The third-order valence-electron chi connectivity index (χ3n) is 1.75. The highest BCUT2D eigenvalue weighted by Gasteiger charge is 2.27. The van der Waals surface area contributed by atoms with Crippen LogP contribution in [-0.2, 0) is 9.47 Å². The lowest BCUT2D eigenvalue weighted by atomic mass is 9.87. The molecule has 0 spiro atoms. The van der Waals surface area contributed by atoms with Crippen LogP contribution in [0.5, 0.6) is 0 Å². The van der Waals surface area contributed by atoms with Gasteiger partial charge >= 0.3 is 0 Å². The van der Waals surface area contributed by atoms with Gasteiger partial charge < -0.3 is 9.47 Å². The molecule has 0 N–H and O–H groups in total. The SMILES string of the molecule is CC(C)(C)C1CCO[CH]O1. The first-order valence-electron chi connectivity index (χ1n) is 3.69. The van der Waals surface area contributed by atoms with E-state index in [1.807, 2.05) is 0 Å². The Kier molecular flexibility index (Phi) is 2.32. The van der Waals surface area contributed by atoms with Crippen molar-refractivity contribution in [3.05, 3.63) is 6.79 Å². The van der Waals surface area contributed by atoms with Gasteiger partial charge in [-0.15, -0.1) is 0 Å². The van der Waals surface area contributed by atoms with Gasteiger partial charge in [0.05, 0.1) is 12.7 Å². The lowest BCUT2D eigenvalue weighted by Gasteiger charge is -2.32. The predicted molar refractivity (Wildman–Crippen MR) is 39.2 cm³/mol. The molecule has 1 rings (SSSR count). The van der Waals surface area contributed by atoms with Crippen LogP contribution >= 0.6 is 0 Å². The minimum absolute atomic E-state index is 0.236. The summed E-state index contributed by atoms with van der Waals surface area (Å²) in [6, 6.07) is 0. The summed E-state index contributed by atoms with van der Waals surface area (Å²) >= 11 is 0. The Bertz CT molecular complexity index is 98.3. The monoisotopic (exact) mass is 143 g/mol. The molecule has 1 radical (unpaired) electrons. The Labute approximate surface area is 62.5 Å². The number of hydrogen-bond acceptors (Lipinski definition) is 2. The van der Waals surface area contributed by atoms with Gasteiger partial charge in [-0.05, 0) is 11.8 Å². The highest BCUT2D eigenvalue weighted by Crippen LogP contribution is 2.27. The molecule has 1 aliphatic rings. The summed E-state index contributed by atoms with van der Waals surface area (Å²) in [5.74, 6) is 0. The Balaban J connectivity index is 2.39. The van der Waals surface area contributed by atoms with E-state index in [0.29, 0.717) is 6.10 Å². The van der Waals surface area contributed by atoms with Gasteiger partial charge in [-0.1, -0.05) is 20.8 Å². The summed E-state index contributed by atoms with van der Waals surface area (Å²) in [6.45, 7) is 8.78. The van der Waals surface area contributed by atoms with Crippen LogP contribution in [0.15, 0.2) is 0 Å². The fourth-order valence-electron chi connectivity index (χ4n) is 1.03. The van der Waals surface area contributed by atoms with Crippen LogP contribution in [0.3, 0.4) is 0 Å². The highest BCUT2D eigenvalue weighted by atomic mass is 16.7. The number of rotatable bonds is 0. The molecule has 1 unspecified atom stereocenters. The summed E-state index contributed by atoms with van der Waals surface area (Å²) in [7, 11) is 0. The molecule has 0 aromatic heterocycles. The summed E-state index contributed by atoms with van der Waals surface area (Å²) in [5, 5.41) is 0. The van der Waals surface area contributed by atoms with Crippen molar-refractivity contribution in [1.82, 2.24) is 0 Å². The van der Waals surface area contributed by atoms with Crippen LogP contribution < -0.4 is 0 Å². The third kappa shape index (κ3) is 1.96. The summed E-state index contributed by atoms with van der Waals surface area (Å²) in [5.41, 5.74) is 0.236. The third-order valence-corrected chi connectivity index (χ3v) is 1.75. The van der Waals surface area contributed by atoms with Gasteiger partial charge in [0.2, 0.25) is 6.79 Å². The molecule has 0 aromatic rings. The van der Waals surface area contributed by atoms with E-state index < -0.39 is 0 Å². The molecule has 1 saturated heterocycles. The zero-order chi connectivity index (χ0) is 7.61. The molecule has 0 aromatic carbocycles. The zero-order valence-corrected chi connectivity index (χ0v) is 6.89. The van der Waals surface area contributed by atoms with Crippen molar-refractivity contribution in [3.8, 4) is 0 Å². The molecule has 0 aliphatic carbocycles. The molecule has 1 fully saturated rings. The van der Waals surface area contributed by atoms with Gasteiger partial charge in [0.1, 0.15) is 0 Å². The van der Waals surface area contributed by atoms with Crippen LogP contribution in [0, 0.1) is 12.2 Å². The van der Waals surface area contributed by atoms with Crippen molar-refractivity contribution in [2.45, 2.75) is 33.3 Å². The fourth-order valence-corrected chi connectivity index (χ4v) is 1.03. The Hall–Kier alpha value is -0.0800. The van der Waals surface area contributed by atoms with Crippen LogP contribution in [0.4, 0.5) is 0 Å². The smallest absolute Gasteiger partial charge is 0.209 e. The normalized spacial score (nSPS) is 28.5. The van der Waals surface area contributed by atoms with E-state index in [1.54, 1.807) is 0 Å². The average Bonchev–Trinajstić information content (AvgIpc) is 1.88. The second-order valence-electron chi connectivity index (χ2n) is 3.75. The van der Waals surface area contributed by atoms with Crippen molar-refractivity contribution < 1.29 is 9.47 Å². The first-order chi connectivity index (χ1) is 4.61. The molecular weight excluding hydrogens is 128 g/mol. The predicted octanol–water partition coefficient (Wildman–Crippen LogP) is 1.96. The number of hydrogen-bond donors (Lipinski definition) is 0. The van der Waals surface area contributed by atoms with Crippen molar-refractivity contribution >= 4 is 0 Å². The van der Waals surface area contributed by atoms with Gasteiger partial charge in [0.15, 0.2) is 0 Å². The van der Waals surface area contributed by atoms with E-state index in [1.165, 1.54) is 6.79 Å². The van der Waals surface area contributed by atoms with E-state index in [9.17, 15) is 0 Å². The van der Waals surface area contributed by atoms with Crippen LogP contribution in [0.1, 0.15) is 27.2 Å². The zero-order valence-electron chi connectivity index (χ0n) is 6.89. The van der Waals surface area contributed by atoms with Gasteiger partial charge in [0, 0.05) is 0 Å². The van der Waals surface area contributed by atoms with E-state index >= 15 is 0 Å². The molecule has 0 bridgehead atoms. The maximum absolute atomic E-state index is 5.30. The van der Waals surface area contributed by atoms with E-state index in [2.05, 4.69) is 20.8 Å². The Morgan fingerprint density at radius 3 is 2.40 bits per heavy atom. The van der Waals surface area contributed by atoms with Gasteiger partial charge in [0.25, 0.3) is 0 Å². The molecule has 1 heterocycles. The molecule has 10 heavy (non-hydrogen) atoms. The minimum Gasteiger partial charge on any atom is -0.348 e. The van der Waals surface area contributed by atoms with E-state index in [4.69, 9.17) is 9.47 Å². The lowest BCUT2D eigenvalue weighted by Crippen LogP contribution is -2.33. The van der Waals surface area contributed by atoms with Crippen molar-refractivity contribution in [3.63, 3.8) is 0 Å². The Morgan fingerprint density at radius 2 is 2.10 bits per heavy atom. The molecule has 1 aliphatic heterocycles. The minimum atomic E-state index is 0.236. The summed E-state index contributed by atoms with van der Waals surface area (Å²) in [6.07, 6.45) is 1.32. The standard InChI is InChI=1S/C8H15O2/c1-8(2,3)7-4-5-9-6-10-7/h6-7H,4-5H2,1-3H3. The first-order valence-corrected chi connectivity index (χ1v) is 3.69. The highest BCUT2D eigenvalue weighted by molar-refractivity contribution is 4.76. The molecule has 1 atom stereocenters. The topological polar surface area (TPSA) is 18.5 Å². The first kappa shape index (κ1) is 8.02. The molecule has 2 heteroatoms. The molecule has 0 amide bonds. The molecular formula is C8H15O2. The lowest BCUT2D eigenvalue weighted by molar-refractivity contribution is -0.114. The molecule has 0 saturated carbocycles. The van der Waals surface area contributed by atoms with E-state index in [0.717, 1.165) is 13.0 Å². The molecule has 59 valence electrons. The summed E-state index contributed by atoms with van der Waals surface area (Å²) in [4.78, 5) is 0. The van der Waals surface area contributed by atoms with Gasteiger partial charge in [-0.2, -0.15) is 0 Å². The Morgan fingerprint density at radius 1 is 1.40 bits per heavy atom. The quantitative estimate of drug-likeness (QED) is 0.516.